The van der Waals surface area contributed by atoms with Crippen molar-refractivity contribution in [2.24, 2.45) is 0 Å². The Balaban J connectivity index is 2.76. The highest BCUT2D eigenvalue weighted by molar-refractivity contribution is 9.10. The summed E-state index contributed by atoms with van der Waals surface area (Å²) >= 11 is 11.1. The quantitative estimate of drug-likeness (QED) is 0.661. The Kier molecular flexibility index (Phi) is 2.63. The smallest absolute Gasteiger partial charge is 0.0571 e. The van der Waals surface area contributed by atoms with Crippen LogP contribution in [0.15, 0.2) is 22.7 Å². The maximum Gasteiger partial charge on any atom is 0.0571 e. The molecule has 0 bridgehead atoms. The van der Waals surface area contributed by atoms with E-state index in [1.54, 1.807) is 11.3 Å². The number of hydrogen-bond acceptors (Lipinski definition) is 1. The monoisotopic (exact) mass is 274 g/mol. The number of fused-ring (bicyclic) bond motifs is 1. The first-order valence-electron chi connectivity index (χ1n) is 3.96. The summed E-state index contributed by atoms with van der Waals surface area (Å²) in [5, 5.41) is 1.32. The second-order valence-corrected chi connectivity index (χ2v) is 5.24. The highest BCUT2D eigenvalue weighted by Crippen LogP contribution is 2.33. The van der Waals surface area contributed by atoms with Crippen molar-refractivity contribution in [3.05, 3.63) is 33.1 Å². The lowest BCUT2D eigenvalue weighted by atomic mass is 10.2. The first-order chi connectivity index (χ1) is 6.22. The Morgan fingerprint density at radius 2 is 2.23 bits per heavy atom. The van der Waals surface area contributed by atoms with Gasteiger partial charge in [0, 0.05) is 14.0 Å². The van der Waals surface area contributed by atoms with Gasteiger partial charge in [-0.25, -0.2) is 0 Å². The number of hydrogen-bond donors (Lipinski definition) is 0. The van der Waals surface area contributed by atoms with Crippen LogP contribution in [0.2, 0.25) is 0 Å². The van der Waals surface area contributed by atoms with E-state index in [2.05, 4.69) is 41.1 Å². The van der Waals surface area contributed by atoms with Gasteiger partial charge in [0.1, 0.15) is 0 Å². The van der Waals surface area contributed by atoms with Crippen molar-refractivity contribution >= 4 is 49.0 Å². The summed E-state index contributed by atoms with van der Waals surface area (Å²) in [5.74, 6) is 0.614. The van der Waals surface area contributed by atoms with Crippen molar-refractivity contribution in [3.63, 3.8) is 0 Å². The third kappa shape index (κ3) is 1.63. The summed E-state index contributed by atoms with van der Waals surface area (Å²) in [7, 11) is 0. The van der Waals surface area contributed by atoms with Gasteiger partial charge in [-0.3, -0.25) is 0 Å². The zero-order chi connectivity index (χ0) is 9.42. The van der Waals surface area contributed by atoms with E-state index in [0.29, 0.717) is 5.88 Å². The van der Waals surface area contributed by atoms with Gasteiger partial charge in [-0.2, -0.15) is 0 Å². The van der Waals surface area contributed by atoms with Crippen LogP contribution in [0.25, 0.3) is 10.1 Å². The molecular weight excluding hydrogens is 268 g/mol. The highest BCUT2D eigenvalue weighted by atomic mass is 79.9. The molecule has 13 heavy (non-hydrogen) atoms. The van der Waals surface area contributed by atoms with E-state index >= 15 is 0 Å². The van der Waals surface area contributed by atoms with Crippen molar-refractivity contribution < 1.29 is 0 Å². The van der Waals surface area contributed by atoms with E-state index < -0.39 is 0 Å². The second kappa shape index (κ2) is 3.60. The van der Waals surface area contributed by atoms with Gasteiger partial charge in [-0.1, -0.05) is 22.0 Å². The Hall–Kier alpha value is -0.0500. The van der Waals surface area contributed by atoms with Crippen LogP contribution >= 0.6 is 38.9 Å². The van der Waals surface area contributed by atoms with Gasteiger partial charge in [0.15, 0.2) is 0 Å². The summed E-state index contributed by atoms with van der Waals surface area (Å²) in [6.45, 7) is 2.13. The molecule has 0 atom stereocenters. The molecule has 3 heteroatoms. The molecule has 0 nitrogen and oxygen atoms in total. The number of thiophene rings is 1. The Bertz CT molecular complexity index is 447. The zero-order valence-corrected chi connectivity index (χ0v) is 10.3. The molecule has 0 aliphatic heterocycles. The molecule has 0 amide bonds. The molecule has 0 aliphatic carbocycles. The Morgan fingerprint density at radius 1 is 1.46 bits per heavy atom. The minimum absolute atomic E-state index is 0.614. The molecule has 1 heterocycles. The lowest BCUT2D eigenvalue weighted by molar-refractivity contribution is 1.42. The van der Waals surface area contributed by atoms with E-state index in [4.69, 9.17) is 11.6 Å². The maximum atomic E-state index is 5.84. The number of alkyl halides is 1. The standard InChI is InChI=1S/C10H8BrClS/c1-6-8-3-2-7(11)4-9(8)13-10(6)5-12/h2-4H,5H2,1H3. The molecule has 1 aromatic heterocycles. The second-order valence-electron chi connectivity index (χ2n) is 2.92. The van der Waals surface area contributed by atoms with E-state index in [0.717, 1.165) is 4.47 Å². The van der Waals surface area contributed by atoms with Crippen LogP contribution in [0.4, 0.5) is 0 Å². The van der Waals surface area contributed by atoms with Gasteiger partial charge in [0.2, 0.25) is 0 Å². The number of aryl methyl sites for hydroxylation is 1. The van der Waals surface area contributed by atoms with Crippen molar-refractivity contribution in [2.75, 3.05) is 0 Å². The van der Waals surface area contributed by atoms with E-state index in [9.17, 15) is 0 Å². The summed E-state index contributed by atoms with van der Waals surface area (Å²) in [6.07, 6.45) is 0. The number of halogens is 2. The fourth-order valence-corrected chi connectivity index (χ4v) is 3.35. The van der Waals surface area contributed by atoms with Crippen molar-refractivity contribution in [2.45, 2.75) is 12.8 Å². The van der Waals surface area contributed by atoms with Gasteiger partial charge < -0.3 is 0 Å². The van der Waals surface area contributed by atoms with Crippen LogP contribution in [-0.4, -0.2) is 0 Å². The van der Waals surface area contributed by atoms with Crippen LogP contribution < -0.4 is 0 Å². The third-order valence-electron chi connectivity index (χ3n) is 2.12. The molecule has 0 spiro atoms. The lowest BCUT2D eigenvalue weighted by Crippen LogP contribution is -1.73. The van der Waals surface area contributed by atoms with Crippen molar-refractivity contribution in [1.82, 2.24) is 0 Å². The maximum absolute atomic E-state index is 5.84. The van der Waals surface area contributed by atoms with Crippen LogP contribution in [0.5, 0.6) is 0 Å². The summed E-state index contributed by atoms with van der Waals surface area (Å²) in [6, 6.07) is 6.35. The molecule has 0 N–H and O–H groups in total. The molecule has 0 aliphatic rings. The lowest BCUT2D eigenvalue weighted by Gasteiger charge is -1.92. The first kappa shape index (κ1) is 9.50. The van der Waals surface area contributed by atoms with Gasteiger partial charge in [-0.05, 0) is 30.0 Å². The Morgan fingerprint density at radius 3 is 2.92 bits per heavy atom. The predicted molar refractivity (Wildman–Crippen MR) is 63.8 cm³/mol. The van der Waals surface area contributed by atoms with Gasteiger partial charge in [0.05, 0.1) is 5.88 Å². The first-order valence-corrected chi connectivity index (χ1v) is 6.10. The third-order valence-corrected chi connectivity index (χ3v) is 4.29. The fraction of sp³-hybridized carbons (Fsp3) is 0.200. The van der Waals surface area contributed by atoms with E-state index in [1.165, 1.54) is 20.5 Å². The van der Waals surface area contributed by atoms with Crippen LogP contribution in [-0.2, 0) is 5.88 Å². The molecule has 2 aromatic rings. The highest BCUT2D eigenvalue weighted by Gasteiger charge is 2.06. The molecule has 0 unspecified atom stereocenters. The van der Waals surface area contributed by atoms with E-state index in [1.807, 2.05) is 0 Å². The van der Waals surface area contributed by atoms with Gasteiger partial charge >= 0.3 is 0 Å². The molecule has 0 saturated heterocycles. The largest absolute Gasteiger partial charge is 0.139 e. The molecule has 0 saturated carbocycles. The van der Waals surface area contributed by atoms with Crippen LogP contribution in [0.3, 0.4) is 0 Å². The van der Waals surface area contributed by atoms with Gasteiger partial charge in [-0.15, -0.1) is 22.9 Å². The van der Waals surface area contributed by atoms with Crippen molar-refractivity contribution in [1.29, 1.82) is 0 Å². The minimum atomic E-state index is 0.614. The summed E-state index contributed by atoms with van der Waals surface area (Å²) < 4.78 is 2.44. The fourth-order valence-electron chi connectivity index (χ4n) is 1.38. The average molecular weight is 276 g/mol. The number of benzene rings is 1. The van der Waals surface area contributed by atoms with Crippen LogP contribution in [0.1, 0.15) is 10.4 Å². The summed E-state index contributed by atoms with van der Waals surface area (Å²) in [4.78, 5) is 1.27. The van der Waals surface area contributed by atoms with Gasteiger partial charge in [0.25, 0.3) is 0 Å². The molecule has 68 valence electrons. The van der Waals surface area contributed by atoms with Crippen molar-refractivity contribution in [3.8, 4) is 0 Å². The summed E-state index contributed by atoms with van der Waals surface area (Å²) in [5.41, 5.74) is 1.32. The predicted octanol–water partition coefficient (Wildman–Crippen LogP) is 4.71. The molecule has 2 rings (SSSR count). The van der Waals surface area contributed by atoms with Crippen LogP contribution in [0, 0.1) is 6.92 Å². The SMILES string of the molecule is Cc1c(CCl)sc2cc(Br)ccc12. The molecule has 1 aromatic carbocycles. The Labute approximate surface area is 94.7 Å². The molecule has 0 radical (unpaired) electrons. The minimum Gasteiger partial charge on any atom is -0.139 e. The average Bonchev–Trinajstić information content (AvgIpc) is 2.42. The molecule has 0 fully saturated rings. The molecular formula is C10H8BrClS. The number of rotatable bonds is 1. The zero-order valence-electron chi connectivity index (χ0n) is 7.10. The normalized spacial score (nSPS) is 11.0. The van der Waals surface area contributed by atoms with E-state index in [-0.39, 0.29) is 0 Å². The topological polar surface area (TPSA) is 0 Å².